The van der Waals surface area contributed by atoms with E-state index in [1.54, 1.807) is 6.07 Å². The van der Waals surface area contributed by atoms with Crippen molar-refractivity contribution in [2.45, 2.75) is 19.8 Å². The van der Waals surface area contributed by atoms with Gasteiger partial charge in [0.25, 0.3) is 5.91 Å². The number of amides is 1. The van der Waals surface area contributed by atoms with E-state index in [0.29, 0.717) is 11.3 Å². The van der Waals surface area contributed by atoms with Gasteiger partial charge in [-0.05, 0) is 35.7 Å². The molecule has 0 atom stereocenters. The number of phenols is 2. The van der Waals surface area contributed by atoms with E-state index in [9.17, 15) is 19.4 Å². The molecule has 0 spiro atoms. The van der Waals surface area contributed by atoms with Gasteiger partial charge in [-0.1, -0.05) is 19.9 Å². The van der Waals surface area contributed by atoms with Crippen molar-refractivity contribution < 1.29 is 19.4 Å². The van der Waals surface area contributed by atoms with Gasteiger partial charge in [-0.25, -0.2) is 4.39 Å². The summed E-state index contributed by atoms with van der Waals surface area (Å²) in [6.45, 7) is 3.72. The zero-order valence-corrected chi connectivity index (χ0v) is 11.7. The molecule has 0 aliphatic heterocycles. The number of phenolic OH excluding ortho intramolecular Hbond substituents is 2. The van der Waals surface area contributed by atoms with E-state index in [2.05, 4.69) is 5.32 Å². The van der Waals surface area contributed by atoms with E-state index in [-0.39, 0.29) is 23.0 Å². The van der Waals surface area contributed by atoms with Crippen LogP contribution in [-0.2, 0) is 0 Å². The second kappa shape index (κ2) is 5.83. The van der Waals surface area contributed by atoms with Gasteiger partial charge in [-0.15, -0.1) is 0 Å². The first-order valence-electron chi connectivity index (χ1n) is 6.51. The summed E-state index contributed by atoms with van der Waals surface area (Å²) < 4.78 is 13.1. The van der Waals surface area contributed by atoms with Crippen LogP contribution < -0.4 is 5.32 Å². The van der Waals surface area contributed by atoms with Crippen LogP contribution in [0, 0.1) is 5.82 Å². The molecule has 0 saturated carbocycles. The Hall–Kier alpha value is -2.56. The highest BCUT2D eigenvalue weighted by Crippen LogP contribution is 2.32. The fourth-order valence-corrected chi connectivity index (χ4v) is 2.00. The summed E-state index contributed by atoms with van der Waals surface area (Å²) in [6.07, 6.45) is 0. The Morgan fingerprint density at radius 2 is 1.86 bits per heavy atom. The Morgan fingerprint density at radius 1 is 1.14 bits per heavy atom. The molecule has 0 aliphatic carbocycles. The number of hydrogen-bond acceptors (Lipinski definition) is 3. The Balaban J connectivity index is 2.33. The topological polar surface area (TPSA) is 69.6 Å². The van der Waals surface area contributed by atoms with Gasteiger partial charge in [-0.3, -0.25) is 4.79 Å². The molecule has 0 bridgehead atoms. The summed E-state index contributed by atoms with van der Waals surface area (Å²) in [7, 11) is 0. The molecular weight excluding hydrogens is 273 g/mol. The van der Waals surface area contributed by atoms with Crippen LogP contribution in [-0.4, -0.2) is 16.1 Å². The molecule has 2 aromatic carbocycles. The SMILES string of the molecule is CC(C)c1cc(C(=O)Nc2cccc(F)c2)c(O)cc1O. The number of rotatable bonds is 3. The second-order valence-electron chi connectivity index (χ2n) is 5.05. The third-order valence-electron chi connectivity index (χ3n) is 3.09. The minimum atomic E-state index is -0.569. The summed E-state index contributed by atoms with van der Waals surface area (Å²) in [4.78, 5) is 12.2. The first-order chi connectivity index (χ1) is 9.88. The molecule has 2 aromatic rings. The van der Waals surface area contributed by atoms with Crippen molar-refractivity contribution in [2.24, 2.45) is 0 Å². The highest BCUT2D eigenvalue weighted by atomic mass is 19.1. The summed E-state index contributed by atoms with van der Waals surface area (Å²) in [6, 6.07) is 8.03. The Bertz CT molecular complexity index is 683. The van der Waals surface area contributed by atoms with Crippen molar-refractivity contribution in [3.8, 4) is 11.5 Å². The quantitative estimate of drug-likeness (QED) is 0.808. The lowest BCUT2D eigenvalue weighted by Crippen LogP contribution is -2.13. The lowest BCUT2D eigenvalue weighted by Gasteiger charge is -2.12. The minimum absolute atomic E-state index is 0.00804. The van der Waals surface area contributed by atoms with Crippen LogP contribution >= 0.6 is 0 Å². The van der Waals surface area contributed by atoms with Crippen LogP contribution in [0.1, 0.15) is 35.7 Å². The smallest absolute Gasteiger partial charge is 0.259 e. The highest BCUT2D eigenvalue weighted by Gasteiger charge is 2.17. The average molecular weight is 289 g/mol. The van der Waals surface area contributed by atoms with Gasteiger partial charge < -0.3 is 15.5 Å². The first kappa shape index (κ1) is 14.8. The normalized spacial score (nSPS) is 10.7. The van der Waals surface area contributed by atoms with E-state index in [1.165, 1.54) is 24.3 Å². The van der Waals surface area contributed by atoms with Gasteiger partial charge in [0.05, 0.1) is 5.56 Å². The van der Waals surface area contributed by atoms with E-state index in [0.717, 1.165) is 6.07 Å². The summed E-state index contributed by atoms with van der Waals surface area (Å²) in [5.41, 5.74) is 0.872. The van der Waals surface area contributed by atoms with Crippen LogP contribution in [0.15, 0.2) is 36.4 Å². The molecule has 4 nitrogen and oxygen atoms in total. The summed E-state index contributed by atoms with van der Waals surface area (Å²) >= 11 is 0. The molecule has 0 aliphatic rings. The van der Waals surface area contributed by atoms with Crippen molar-refractivity contribution >= 4 is 11.6 Å². The number of nitrogens with one attached hydrogen (secondary N) is 1. The third-order valence-corrected chi connectivity index (χ3v) is 3.09. The Labute approximate surface area is 121 Å². The van der Waals surface area contributed by atoms with E-state index < -0.39 is 11.7 Å². The number of halogens is 1. The van der Waals surface area contributed by atoms with Gasteiger partial charge in [-0.2, -0.15) is 0 Å². The third kappa shape index (κ3) is 3.31. The first-order valence-corrected chi connectivity index (χ1v) is 6.51. The lowest BCUT2D eigenvalue weighted by atomic mass is 9.98. The Kier molecular flexibility index (Phi) is 4.12. The molecule has 110 valence electrons. The summed E-state index contributed by atoms with van der Waals surface area (Å²) in [5.74, 6) is -1.44. The van der Waals surface area contributed by atoms with Crippen LogP contribution in [0.2, 0.25) is 0 Å². The molecule has 0 saturated heterocycles. The molecule has 0 unspecified atom stereocenters. The van der Waals surface area contributed by atoms with Crippen LogP contribution in [0.25, 0.3) is 0 Å². The number of carbonyl (C=O) groups is 1. The van der Waals surface area contributed by atoms with Gasteiger partial charge >= 0.3 is 0 Å². The predicted octanol–water partition coefficient (Wildman–Crippen LogP) is 3.61. The lowest BCUT2D eigenvalue weighted by molar-refractivity contribution is 0.102. The number of aromatic hydroxyl groups is 2. The van der Waals surface area contributed by atoms with Gasteiger partial charge in [0.1, 0.15) is 17.3 Å². The van der Waals surface area contributed by atoms with E-state index in [4.69, 9.17) is 0 Å². The maximum atomic E-state index is 13.1. The van der Waals surface area contributed by atoms with Crippen molar-refractivity contribution in [1.82, 2.24) is 0 Å². The molecule has 0 radical (unpaired) electrons. The summed E-state index contributed by atoms with van der Waals surface area (Å²) in [5, 5.41) is 22.1. The molecule has 1 amide bonds. The monoisotopic (exact) mass is 289 g/mol. The standard InChI is InChI=1S/C16H16FNO3/c1-9(2)12-7-13(15(20)8-14(12)19)16(21)18-11-5-3-4-10(17)6-11/h3-9,19-20H,1-2H3,(H,18,21). The molecule has 21 heavy (non-hydrogen) atoms. The number of hydrogen-bond donors (Lipinski definition) is 3. The van der Waals surface area contributed by atoms with Crippen LogP contribution in [0.5, 0.6) is 11.5 Å². The number of carbonyl (C=O) groups excluding carboxylic acids is 1. The van der Waals surface area contributed by atoms with Crippen molar-refractivity contribution in [1.29, 1.82) is 0 Å². The van der Waals surface area contributed by atoms with Gasteiger partial charge in [0.15, 0.2) is 0 Å². The van der Waals surface area contributed by atoms with Crippen LogP contribution in [0.4, 0.5) is 10.1 Å². The van der Waals surface area contributed by atoms with Gasteiger partial charge in [0.2, 0.25) is 0 Å². The molecule has 3 N–H and O–H groups in total. The number of benzene rings is 2. The molecular formula is C16H16FNO3. The Morgan fingerprint density at radius 3 is 2.48 bits per heavy atom. The largest absolute Gasteiger partial charge is 0.508 e. The fourth-order valence-electron chi connectivity index (χ4n) is 2.00. The predicted molar refractivity (Wildman–Crippen MR) is 78.2 cm³/mol. The van der Waals surface area contributed by atoms with Crippen molar-refractivity contribution in [3.63, 3.8) is 0 Å². The maximum absolute atomic E-state index is 13.1. The fraction of sp³-hybridized carbons (Fsp3) is 0.188. The molecule has 5 heteroatoms. The van der Waals surface area contributed by atoms with Crippen molar-refractivity contribution in [2.75, 3.05) is 5.32 Å². The highest BCUT2D eigenvalue weighted by molar-refractivity contribution is 6.06. The van der Waals surface area contributed by atoms with Gasteiger partial charge in [0, 0.05) is 11.8 Å². The average Bonchev–Trinajstić information content (AvgIpc) is 2.37. The number of anilines is 1. The second-order valence-corrected chi connectivity index (χ2v) is 5.05. The zero-order valence-electron chi connectivity index (χ0n) is 11.7. The van der Waals surface area contributed by atoms with Crippen LogP contribution in [0.3, 0.4) is 0 Å². The molecule has 0 aromatic heterocycles. The minimum Gasteiger partial charge on any atom is -0.508 e. The molecule has 0 fully saturated rings. The van der Waals surface area contributed by atoms with Crippen molar-refractivity contribution in [3.05, 3.63) is 53.3 Å². The maximum Gasteiger partial charge on any atom is 0.259 e. The molecule has 2 rings (SSSR count). The zero-order chi connectivity index (χ0) is 15.6. The van der Waals surface area contributed by atoms with E-state index in [1.807, 2.05) is 13.8 Å². The van der Waals surface area contributed by atoms with E-state index >= 15 is 0 Å². The molecule has 0 heterocycles.